The number of hydrogen-bond donors (Lipinski definition) is 0. The molecule has 0 heterocycles. The van der Waals surface area contributed by atoms with Gasteiger partial charge in [0, 0.05) is 0 Å². The van der Waals surface area contributed by atoms with E-state index in [1.54, 1.807) is 42.7 Å². The van der Waals surface area contributed by atoms with E-state index in [1.807, 2.05) is 24.3 Å². The molecule has 2 aromatic rings. The van der Waals surface area contributed by atoms with Crippen molar-refractivity contribution in [3.63, 3.8) is 0 Å². The smallest absolute Gasteiger partial charge is 0.203 e. The van der Waals surface area contributed by atoms with Crippen LogP contribution in [0.25, 0.3) is 0 Å². The summed E-state index contributed by atoms with van der Waals surface area (Å²) in [5.74, 6) is 4.78. The van der Waals surface area contributed by atoms with Crippen LogP contribution >= 0.6 is 0 Å². The molecular weight excluding hydrogens is 384 g/mol. The van der Waals surface area contributed by atoms with Crippen molar-refractivity contribution in [2.24, 2.45) is 11.8 Å². The second kappa shape index (κ2) is 10.9. The minimum Gasteiger partial charge on any atom is -0.493 e. The van der Waals surface area contributed by atoms with E-state index in [0.29, 0.717) is 46.3 Å². The molecule has 0 N–H and O–H groups in total. The van der Waals surface area contributed by atoms with Crippen molar-refractivity contribution in [2.45, 2.75) is 26.7 Å². The van der Waals surface area contributed by atoms with Crippen LogP contribution in [0.15, 0.2) is 24.3 Å². The molecular formula is C24H34O6. The highest BCUT2D eigenvalue weighted by atomic mass is 16.5. The fourth-order valence-electron chi connectivity index (χ4n) is 3.65. The van der Waals surface area contributed by atoms with Crippen molar-refractivity contribution in [3.8, 4) is 34.5 Å². The lowest BCUT2D eigenvalue weighted by Crippen LogP contribution is -2.14. The predicted molar refractivity (Wildman–Crippen MR) is 118 cm³/mol. The van der Waals surface area contributed by atoms with Gasteiger partial charge in [0.05, 0.1) is 42.7 Å². The topological polar surface area (TPSA) is 55.4 Å². The Kier molecular flexibility index (Phi) is 8.51. The van der Waals surface area contributed by atoms with Gasteiger partial charge in [-0.15, -0.1) is 0 Å². The number of hydrogen-bond acceptors (Lipinski definition) is 6. The van der Waals surface area contributed by atoms with Crippen LogP contribution in [0.1, 0.15) is 25.0 Å². The maximum absolute atomic E-state index is 5.49. The Bertz CT molecular complexity index is 713. The van der Waals surface area contributed by atoms with Gasteiger partial charge in [0.2, 0.25) is 11.5 Å². The van der Waals surface area contributed by atoms with E-state index in [4.69, 9.17) is 28.4 Å². The van der Waals surface area contributed by atoms with E-state index in [0.717, 1.165) is 24.0 Å². The van der Waals surface area contributed by atoms with Crippen molar-refractivity contribution in [1.29, 1.82) is 0 Å². The maximum atomic E-state index is 5.49. The number of benzene rings is 2. The summed E-state index contributed by atoms with van der Waals surface area (Å²) in [5, 5.41) is 0. The van der Waals surface area contributed by atoms with Gasteiger partial charge in [-0.1, -0.05) is 13.8 Å². The largest absolute Gasteiger partial charge is 0.493 e. The third kappa shape index (κ3) is 5.23. The van der Waals surface area contributed by atoms with Gasteiger partial charge in [-0.3, -0.25) is 0 Å². The van der Waals surface area contributed by atoms with E-state index >= 15 is 0 Å². The molecule has 2 atom stereocenters. The molecule has 0 bridgehead atoms. The van der Waals surface area contributed by atoms with E-state index in [-0.39, 0.29) is 0 Å². The highest BCUT2D eigenvalue weighted by Crippen LogP contribution is 2.40. The minimum atomic E-state index is 0.423. The SMILES string of the molecule is COc1cc(C[C@H](C)[C@@H](C)Cc2cc(OC)c(OC)c(OC)c2)cc(OC)c1OC. The van der Waals surface area contributed by atoms with Crippen LogP contribution in [-0.2, 0) is 12.8 Å². The molecule has 0 aliphatic rings. The average molecular weight is 419 g/mol. The van der Waals surface area contributed by atoms with Crippen LogP contribution in [0.3, 0.4) is 0 Å². The Morgan fingerprint density at radius 2 is 0.767 bits per heavy atom. The summed E-state index contributed by atoms with van der Waals surface area (Å²) in [6.45, 7) is 4.51. The fraction of sp³-hybridized carbons (Fsp3) is 0.500. The van der Waals surface area contributed by atoms with Crippen LogP contribution in [0.5, 0.6) is 34.5 Å². The van der Waals surface area contributed by atoms with Gasteiger partial charge in [-0.2, -0.15) is 0 Å². The Morgan fingerprint density at radius 1 is 0.500 bits per heavy atom. The lowest BCUT2D eigenvalue weighted by molar-refractivity contribution is 0.321. The first-order valence-corrected chi connectivity index (χ1v) is 10.00. The highest BCUT2D eigenvalue weighted by Gasteiger charge is 2.20. The second-order valence-electron chi connectivity index (χ2n) is 7.43. The molecule has 0 amide bonds. The summed E-state index contributed by atoms with van der Waals surface area (Å²) in [7, 11) is 9.77. The maximum Gasteiger partial charge on any atom is 0.203 e. The van der Waals surface area contributed by atoms with Crippen molar-refractivity contribution in [1.82, 2.24) is 0 Å². The fourth-order valence-corrected chi connectivity index (χ4v) is 3.65. The van der Waals surface area contributed by atoms with Gasteiger partial charge in [-0.25, -0.2) is 0 Å². The summed E-state index contributed by atoms with van der Waals surface area (Å²) in [6.07, 6.45) is 1.78. The molecule has 0 fully saturated rings. The van der Waals surface area contributed by atoms with Crippen LogP contribution in [0.4, 0.5) is 0 Å². The van der Waals surface area contributed by atoms with Crippen molar-refractivity contribution in [2.75, 3.05) is 42.7 Å². The Balaban J connectivity index is 2.20. The summed E-state index contributed by atoms with van der Waals surface area (Å²) < 4.78 is 32.8. The highest BCUT2D eigenvalue weighted by molar-refractivity contribution is 5.54. The summed E-state index contributed by atoms with van der Waals surface area (Å²) in [4.78, 5) is 0. The molecule has 0 saturated carbocycles. The normalized spacial score (nSPS) is 12.7. The zero-order chi connectivity index (χ0) is 22.3. The third-order valence-electron chi connectivity index (χ3n) is 5.54. The number of methoxy groups -OCH3 is 6. The van der Waals surface area contributed by atoms with Gasteiger partial charge < -0.3 is 28.4 Å². The molecule has 0 saturated heterocycles. The number of rotatable bonds is 11. The van der Waals surface area contributed by atoms with Gasteiger partial charge >= 0.3 is 0 Å². The molecule has 6 nitrogen and oxygen atoms in total. The molecule has 166 valence electrons. The van der Waals surface area contributed by atoms with Crippen LogP contribution in [0, 0.1) is 11.8 Å². The third-order valence-corrected chi connectivity index (χ3v) is 5.54. The molecule has 30 heavy (non-hydrogen) atoms. The van der Waals surface area contributed by atoms with Crippen LogP contribution in [-0.4, -0.2) is 42.7 Å². The molecule has 0 aliphatic heterocycles. The first kappa shape index (κ1) is 23.5. The molecule has 6 heteroatoms. The van der Waals surface area contributed by atoms with Crippen molar-refractivity contribution < 1.29 is 28.4 Å². The van der Waals surface area contributed by atoms with E-state index in [2.05, 4.69) is 13.8 Å². The van der Waals surface area contributed by atoms with Crippen LogP contribution in [0.2, 0.25) is 0 Å². The van der Waals surface area contributed by atoms with Gasteiger partial charge in [0.25, 0.3) is 0 Å². The zero-order valence-electron chi connectivity index (χ0n) is 19.3. The molecule has 0 spiro atoms. The Hall–Kier alpha value is -2.76. The summed E-state index contributed by atoms with van der Waals surface area (Å²) in [5.41, 5.74) is 2.29. The molecule has 0 aliphatic carbocycles. The summed E-state index contributed by atoms with van der Waals surface area (Å²) >= 11 is 0. The second-order valence-corrected chi connectivity index (χ2v) is 7.43. The minimum absolute atomic E-state index is 0.423. The Morgan fingerprint density at radius 3 is 0.967 bits per heavy atom. The van der Waals surface area contributed by atoms with Crippen LogP contribution < -0.4 is 28.4 Å². The van der Waals surface area contributed by atoms with E-state index < -0.39 is 0 Å². The zero-order valence-corrected chi connectivity index (χ0v) is 19.3. The van der Waals surface area contributed by atoms with Gasteiger partial charge in [0.1, 0.15) is 0 Å². The monoisotopic (exact) mass is 418 g/mol. The standard InChI is InChI=1S/C24H34O6/c1-15(9-17-11-19(25-3)23(29-7)20(12-17)26-4)16(2)10-18-13-21(27-5)24(30-8)22(14-18)28-6/h11-16H,9-10H2,1-8H3/t15-,16-/m0/s1. The lowest BCUT2D eigenvalue weighted by atomic mass is 9.85. The first-order chi connectivity index (χ1) is 14.4. The van der Waals surface area contributed by atoms with Gasteiger partial charge in [-0.05, 0) is 60.1 Å². The van der Waals surface area contributed by atoms with E-state index in [1.165, 1.54) is 0 Å². The predicted octanol–water partition coefficient (Wildman–Crippen LogP) is 4.80. The molecule has 0 aromatic heterocycles. The number of ether oxygens (including phenoxy) is 6. The van der Waals surface area contributed by atoms with E-state index in [9.17, 15) is 0 Å². The molecule has 0 unspecified atom stereocenters. The molecule has 2 aromatic carbocycles. The first-order valence-electron chi connectivity index (χ1n) is 10.00. The molecule has 0 radical (unpaired) electrons. The average Bonchev–Trinajstić information content (AvgIpc) is 2.77. The molecule has 2 rings (SSSR count). The van der Waals surface area contributed by atoms with Crippen molar-refractivity contribution in [3.05, 3.63) is 35.4 Å². The summed E-state index contributed by atoms with van der Waals surface area (Å²) in [6, 6.07) is 8.07. The quantitative estimate of drug-likeness (QED) is 0.523. The lowest BCUT2D eigenvalue weighted by Gasteiger charge is -2.22. The Labute approximate surface area is 180 Å². The van der Waals surface area contributed by atoms with Gasteiger partial charge in [0.15, 0.2) is 23.0 Å². The van der Waals surface area contributed by atoms with Crippen molar-refractivity contribution >= 4 is 0 Å².